The van der Waals surface area contributed by atoms with Crippen LogP contribution in [0.25, 0.3) is 21.5 Å². The summed E-state index contributed by atoms with van der Waals surface area (Å²) < 4.78 is 2.37. The topological polar surface area (TPSA) is 80.9 Å². The van der Waals surface area contributed by atoms with Gasteiger partial charge in [0.25, 0.3) is 0 Å². The zero-order chi connectivity index (χ0) is 42.6. The van der Waals surface area contributed by atoms with Gasteiger partial charge < -0.3 is 32.1 Å². The number of rotatable bonds is 9. The molecule has 6 aromatic carbocycles. The molecule has 0 saturated carbocycles. The molecule has 2 aliphatic heterocycles. The Morgan fingerprint density at radius 3 is 1.89 bits per heavy atom. The number of carboxylic acids is 2. The molecule has 62 heavy (non-hydrogen) atoms. The van der Waals surface area contributed by atoms with Crippen molar-refractivity contribution in [3.05, 3.63) is 201 Å². The number of benzene rings is 6. The molecule has 0 unspecified atom stereocenters. The van der Waals surface area contributed by atoms with Gasteiger partial charge in [0, 0.05) is 51.6 Å². The van der Waals surface area contributed by atoms with Crippen LogP contribution in [-0.4, -0.2) is 32.4 Å². The second-order valence-electron chi connectivity index (χ2n) is 17.4. The molecule has 0 radical (unpaired) electrons. The number of carbonyl (C=O) groups is 2. The quantitative estimate of drug-likeness (QED) is 0.141. The van der Waals surface area contributed by atoms with Crippen molar-refractivity contribution < 1.29 is 41.4 Å². The number of nitrogens with zero attached hydrogens (tertiary/aromatic N) is 2. The van der Waals surface area contributed by atoms with E-state index >= 15 is 0 Å². The van der Waals surface area contributed by atoms with Gasteiger partial charge in [0.1, 0.15) is 0 Å². The van der Waals surface area contributed by atoms with Gasteiger partial charge in [-0.05, 0) is 119 Å². The highest BCUT2D eigenvalue weighted by atomic mass is 79.9. The fourth-order valence-electron chi connectivity index (χ4n) is 9.85. The summed E-state index contributed by atoms with van der Waals surface area (Å²) in [5, 5.41) is 24.7. The van der Waals surface area contributed by atoms with E-state index < -0.39 is 11.9 Å². The first-order valence-corrected chi connectivity index (χ1v) is 21.3. The summed E-state index contributed by atoms with van der Waals surface area (Å²) in [6.07, 6.45) is 11.6. The molecular formula is C54H48BrClN2O4. The first-order chi connectivity index (χ1) is 29.3. The summed E-state index contributed by atoms with van der Waals surface area (Å²) in [5.41, 5.74) is 11.3. The Bertz CT molecular complexity index is 2950. The smallest absolute Gasteiger partial charge is 0.335 e. The third kappa shape index (κ3) is 7.52. The minimum absolute atomic E-state index is 0. The first kappa shape index (κ1) is 42.7. The van der Waals surface area contributed by atoms with Crippen molar-refractivity contribution in [3.63, 3.8) is 0 Å². The predicted molar refractivity (Wildman–Crippen MR) is 248 cm³/mol. The maximum Gasteiger partial charge on any atom is 0.335 e. The largest absolute Gasteiger partial charge is 1.00 e. The van der Waals surface area contributed by atoms with E-state index in [2.05, 4.69) is 134 Å². The fraction of sp³-hybridized carbons (Fsp3) is 0.204. The lowest BCUT2D eigenvalue weighted by atomic mass is 9.78. The second kappa shape index (κ2) is 16.7. The summed E-state index contributed by atoms with van der Waals surface area (Å²) in [4.78, 5) is 25.7. The molecule has 6 nitrogen and oxygen atoms in total. The summed E-state index contributed by atoms with van der Waals surface area (Å²) in [6, 6.07) is 40.2. The van der Waals surface area contributed by atoms with E-state index in [1.165, 1.54) is 32.7 Å². The number of hydrogen-bond acceptors (Lipinski definition) is 3. The van der Waals surface area contributed by atoms with Crippen molar-refractivity contribution in [1.29, 1.82) is 0 Å². The molecule has 0 spiro atoms. The molecule has 312 valence electrons. The van der Waals surface area contributed by atoms with Crippen molar-refractivity contribution >= 4 is 62.2 Å². The highest BCUT2D eigenvalue weighted by molar-refractivity contribution is 6.32. The predicted octanol–water partition coefficient (Wildman–Crippen LogP) is 10.0. The van der Waals surface area contributed by atoms with E-state index in [-0.39, 0.29) is 38.9 Å². The van der Waals surface area contributed by atoms with Crippen LogP contribution < -0.4 is 21.9 Å². The molecule has 2 N–H and O–H groups in total. The van der Waals surface area contributed by atoms with Crippen LogP contribution in [0.2, 0.25) is 0 Å². The van der Waals surface area contributed by atoms with Crippen LogP contribution in [0, 0.1) is 0 Å². The van der Waals surface area contributed by atoms with Crippen molar-refractivity contribution in [2.24, 2.45) is 0 Å². The van der Waals surface area contributed by atoms with Gasteiger partial charge in [-0.15, -0.1) is 0 Å². The monoisotopic (exact) mass is 902 g/mol. The SMILES string of the molecule is CC1(C)C(C=CC2=C(Cl)/C(=C/C=C3/N(Cc4ccc(C(=O)O)cc4)c4ccc5ccccc5c4C3(C)C)CCC2)=[N+](Cc2ccc(C(=O)O)cc2)c2ccc3ccccc3c21.[Br-]. The molecule has 2 heterocycles. The van der Waals surface area contributed by atoms with Crippen molar-refractivity contribution in [3.8, 4) is 0 Å². The highest BCUT2D eigenvalue weighted by Gasteiger charge is 2.46. The van der Waals surface area contributed by atoms with E-state index in [0.29, 0.717) is 13.1 Å². The average molecular weight is 904 g/mol. The number of aromatic carboxylic acids is 2. The Hall–Kier alpha value is -6.02. The van der Waals surface area contributed by atoms with Gasteiger partial charge >= 0.3 is 11.9 Å². The van der Waals surface area contributed by atoms with Gasteiger partial charge in [0.05, 0.1) is 16.5 Å². The van der Waals surface area contributed by atoms with Crippen LogP contribution in [0.3, 0.4) is 0 Å². The highest BCUT2D eigenvalue weighted by Crippen LogP contribution is 2.52. The molecular weight excluding hydrogens is 856 g/mol. The molecule has 0 aromatic heterocycles. The molecule has 8 heteroatoms. The Balaban J connectivity index is 0.00000529. The lowest BCUT2D eigenvalue weighted by Crippen LogP contribution is -3.00. The first-order valence-electron chi connectivity index (χ1n) is 20.9. The zero-order valence-corrected chi connectivity index (χ0v) is 37.6. The Labute approximate surface area is 378 Å². The van der Waals surface area contributed by atoms with Crippen LogP contribution in [0.5, 0.6) is 0 Å². The molecule has 0 fully saturated rings. The molecule has 0 bridgehead atoms. The number of hydrogen-bond donors (Lipinski definition) is 2. The fourth-order valence-corrected chi connectivity index (χ4v) is 10.2. The zero-order valence-electron chi connectivity index (χ0n) is 35.3. The lowest BCUT2D eigenvalue weighted by molar-refractivity contribution is -0.455. The van der Waals surface area contributed by atoms with Crippen LogP contribution in [0.4, 0.5) is 11.4 Å². The number of halogens is 2. The van der Waals surface area contributed by atoms with Crippen molar-refractivity contribution in [2.45, 2.75) is 70.9 Å². The molecule has 1 aliphatic carbocycles. The van der Waals surface area contributed by atoms with E-state index in [1.807, 2.05) is 24.3 Å². The van der Waals surface area contributed by atoms with Gasteiger partial charge in [-0.2, -0.15) is 4.58 Å². The third-order valence-corrected chi connectivity index (χ3v) is 13.4. The number of carboxylic acid groups (broad SMARTS) is 2. The van der Waals surface area contributed by atoms with Gasteiger partial charge in [-0.25, -0.2) is 9.59 Å². The van der Waals surface area contributed by atoms with Crippen LogP contribution in [-0.2, 0) is 23.9 Å². The van der Waals surface area contributed by atoms with E-state index in [9.17, 15) is 19.8 Å². The van der Waals surface area contributed by atoms with Crippen LogP contribution in [0.15, 0.2) is 168 Å². The minimum atomic E-state index is -0.934. The van der Waals surface area contributed by atoms with Gasteiger partial charge in [0.2, 0.25) is 5.69 Å². The average Bonchev–Trinajstić information content (AvgIpc) is 3.61. The van der Waals surface area contributed by atoms with Crippen LogP contribution >= 0.6 is 11.6 Å². The van der Waals surface area contributed by atoms with E-state index in [4.69, 9.17) is 11.6 Å². The Morgan fingerprint density at radius 1 is 0.677 bits per heavy atom. The van der Waals surface area contributed by atoms with Crippen molar-refractivity contribution in [1.82, 2.24) is 0 Å². The maximum absolute atomic E-state index is 11.6. The second-order valence-corrected chi connectivity index (χ2v) is 17.8. The summed E-state index contributed by atoms with van der Waals surface area (Å²) in [7, 11) is 0. The molecule has 0 saturated heterocycles. The van der Waals surface area contributed by atoms with Gasteiger partial charge in [0.15, 0.2) is 12.3 Å². The van der Waals surface area contributed by atoms with Gasteiger partial charge in [-0.1, -0.05) is 116 Å². The van der Waals surface area contributed by atoms with Crippen LogP contribution in [0.1, 0.15) is 89.9 Å². The molecule has 3 aliphatic rings. The minimum Gasteiger partial charge on any atom is -1.00 e. The number of anilines is 1. The molecule has 9 rings (SSSR count). The third-order valence-electron chi connectivity index (χ3n) is 12.9. The summed E-state index contributed by atoms with van der Waals surface area (Å²) in [6.45, 7) is 10.3. The lowest BCUT2D eigenvalue weighted by Gasteiger charge is -2.27. The Kier molecular flexibility index (Phi) is 11.5. The molecule has 0 atom stereocenters. The summed E-state index contributed by atoms with van der Waals surface area (Å²) in [5.74, 6) is -1.87. The van der Waals surface area contributed by atoms with Crippen molar-refractivity contribution in [2.75, 3.05) is 4.90 Å². The summed E-state index contributed by atoms with van der Waals surface area (Å²) >= 11 is 7.41. The number of fused-ring (bicyclic) bond motifs is 6. The van der Waals surface area contributed by atoms with Gasteiger partial charge in [-0.3, -0.25) is 0 Å². The van der Waals surface area contributed by atoms with E-state index in [1.54, 1.807) is 24.3 Å². The molecule has 6 aromatic rings. The maximum atomic E-state index is 11.6. The van der Waals surface area contributed by atoms with E-state index in [0.717, 1.165) is 69.4 Å². The standard InChI is InChI=1S/C54H47ClN2O4.BrH/c1-53(2)46(56(32-34-16-20-40(21-17-34)51(58)59)44-28-24-36-10-5-7-14-42(36)48(44)53)30-26-38-12-9-13-39(50(38)55)27-31-47-54(3,4)49-43-15-8-6-11-37(43)25-29-45(49)57(47)33-35-18-22-41(23-19-35)52(60)61;/h5-8,10-11,14-31H,9,12-13,32-33H2,1-4H3,(H-,58,59,60,61);1H. The molecule has 0 amide bonds. The Morgan fingerprint density at radius 2 is 1.26 bits per heavy atom. The normalized spacial score (nSPS) is 17.9. The number of allylic oxidation sites excluding steroid dienone is 8.